The van der Waals surface area contributed by atoms with Crippen LogP contribution >= 0.6 is 12.2 Å². The number of nitrogens with one attached hydrogen (secondary N) is 1. The number of aromatic nitrogens is 4. The van der Waals surface area contributed by atoms with E-state index in [2.05, 4.69) is 19.9 Å². The number of aryl methyl sites for hydroxylation is 1. The van der Waals surface area contributed by atoms with E-state index in [4.69, 9.17) is 17.0 Å². The van der Waals surface area contributed by atoms with E-state index in [1.54, 1.807) is 6.20 Å². The van der Waals surface area contributed by atoms with Gasteiger partial charge in [-0.3, -0.25) is 9.97 Å². The van der Waals surface area contributed by atoms with Crippen molar-refractivity contribution in [1.29, 1.82) is 0 Å². The summed E-state index contributed by atoms with van der Waals surface area (Å²) in [7, 11) is 1.52. The molecule has 2 aromatic heterocycles. The Morgan fingerprint density at radius 1 is 1.31 bits per heavy atom. The van der Waals surface area contributed by atoms with E-state index in [1.807, 2.05) is 19.1 Å². The molecule has 5 nitrogen and oxygen atoms in total. The Morgan fingerprint density at radius 2 is 2.12 bits per heavy atom. The summed E-state index contributed by atoms with van der Waals surface area (Å²) in [4.78, 5) is 15.1. The summed E-state index contributed by atoms with van der Waals surface area (Å²) >= 11 is 4.94. The van der Waals surface area contributed by atoms with Gasteiger partial charge in [0, 0.05) is 17.5 Å². The molecule has 0 aliphatic carbocycles. The van der Waals surface area contributed by atoms with Gasteiger partial charge in [-0.05, 0) is 31.3 Å². The van der Waals surface area contributed by atoms with Crippen molar-refractivity contribution in [1.82, 2.24) is 19.9 Å². The number of rotatable bonds is 2. The summed E-state index contributed by atoms with van der Waals surface area (Å²) < 4.78 is 5.23. The maximum Gasteiger partial charge on any atom is 0.297 e. The molecular weight excluding hydrogens is 224 g/mol. The molecule has 0 fully saturated rings. The van der Waals surface area contributed by atoms with Crippen molar-refractivity contribution in [2.45, 2.75) is 6.92 Å². The van der Waals surface area contributed by atoms with Crippen molar-refractivity contribution in [2.24, 2.45) is 0 Å². The van der Waals surface area contributed by atoms with Crippen LogP contribution in [-0.2, 0) is 0 Å². The van der Waals surface area contributed by atoms with Gasteiger partial charge in [0.05, 0.1) is 7.11 Å². The van der Waals surface area contributed by atoms with Gasteiger partial charge >= 0.3 is 0 Å². The second kappa shape index (κ2) is 4.36. The summed E-state index contributed by atoms with van der Waals surface area (Å²) in [6.45, 7) is 1.92. The Bertz CT molecular complexity index is 549. The molecule has 0 aliphatic rings. The first-order chi connectivity index (χ1) is 7.69. The minimum atomic E-state index is 0.242. The van der Waals surface area contributed by atoms with Crippen LogP contribution in [0.5, 0.6) is 6.01 Å². The highest BCUT2D eigenvalue weighted by molar-refractivity contribution is 7.71. The molecule has 0 bridgehead atoms. The number of pyridine rings is 1. The lowest BCUT2D eigenvalue weighted by Gasteiger charge is -2.03. The predicted octanol–water partition coefficient (Wildman–Crippen LogP) is 1.91. The van der Waals surface area contributed by atoms with E-state index in [-0.39, 0.29) is 4.77 Å². The van der Waals surface area contributed by atoms with E-state index >= 15 is 0 Å². The topological polar surface area (TPSA) is 63.7 Å². The first kappa shape index (κ1) is 10.7. The third kappa shape index (κ3) is 2.22. The van der Waals surface area contributed by atoms with E-state index in [1.165, 1.54) is 7.11 Å². The lowest BCUT2D eigenvalue weighted by molar-refractivity contribution is 0.378. The zero-order valence-electron chi connectivity index (χ0n) is 8.89. The van der Waals surface area contributed by atoms with Gasteiger partial charge in [0.1, 0.15) is 5.82 Å². The molecule has 16 heavy (non-hydrogen) atoms. The van der Waals surface area contributed by atoms with E-state index in [0.29, 0.717) is 11.8 Å². The minimum absolute atomic E-state index is 0.242. The molecule has 2 aromatic rings. The van der Waals surface area contributed by atoms with E-state index in [0.717, 1.165) is 11.3 Å². The summed E-state index contributed by atoms with van der Waals surface area (Å²) in [5.74, 6) is 0.601. The Balaban J connectivity index is 2.51. The van der Waals surface area contributed by atoms with Crippen LogP contribution in [0.4, 0.5) is 0 Å². The Labute approximate surface area is 97.6 Å². The predicted molar refractivity (Wildman–Crippen MR) is 61.7 cm³/mol. The molecule has 0 atom stereocenters. The first-order valence-corrected chi connectivity index (χ1v) is 5.05. The number of methoxy groups -OCH3 is 1. The summed E-state index contributed by atoms with van der Waals surface area (Å²) in [6.07, 6.45) is 1.72. The third-order valence-electron chi connectivity index (χ3n) is 2.01. The molecule has 0 radical (unpaired) electrons. The normalized spacial score (nSPS) is 10.1. The number of aromatic amines is 1. The zero-order valence-corrected chi connectivity index (χ0v) is 9.71. The molecule has 0 amide bonds. The molecular formula is C10H10N4OS. The molecule has 0 saturated carbocycles. The highest BCUT2D eigenvalue weighted by Crippen LogP contribution is 2.15. The van der Waals surface area contributed by atoms with E-state index in [9.17, 15) is 0 Å². The smallest absolute Gasteiger partial charge is 0.297 e. The summed E-state index contributed by atoms with van der Waals surface area (Å²) in [5, 5.41) is 0. The van der Waals surface area contributed by atoms with Crippen molar-refractivity contribution in [3.8, 4) is 17.4 Å². The Morgan fingerprint density at radius 3 is 2.75 bits per heavy atom. The molecule has 6 heteroatoms. The molecule has 82 valence electrons. The molecule has 1 N–H and O–H groups in total. The number of H-pyrrole nitrogens is 1. The number of hydrogen-bond acceptors (Lipinski definition) is 5. The van der Waals surface area contributed by atoms with Crippen LogP contribution in [-0.4, -0.2) is 27.0 Å². The molecule has 0 unspecified atom stereocenters. The van der Waals surface area contributed by atoms with Crippen LogP contribution in [0.25, 0.3) is 11.4 Å². The van der Waals surface area contributed by atoms with Gasteiger partial charge in [0.25, 0.3) is 6.01 Å². The SMILES string of the molecule is COc1nc(=S)nc(-c2ccc(C)nc2)[nH]1. The highest BCUT2D eigenvalue weighted by atomic mass is 32.1. The third-order valence-corrected chi connectivity index (χ3v) is 2.19. The van der Waals surface area contributed by atoms with Gasteiger partial charge in [-0.1, -0.05) is 0 Å². The average Bonchev–Trinajstić information content (AvgIpc) is 2.29. The summed E-state index contributed by atoms with van der Waals surface area (Å²) in [6, 6.07) is 4.16. The monoisotopic (exact) mass is 234 g/mol. The standard InChI is InChI=1S/C10H10N4OS/c1-6-3-4-7(5-11-6)8-12-9(15-2)14-10(16)13-8/h3-5H,1-2H3,(H,12,13,14,16). The molecule has 2 rings (SSSR count). The number of nitrogens with zero attached hydrogens (tertiary/aromatic N) is 3. The van der Waals surface area contributed by atoms with Crippen molar-refractivity contribution >= 4 is 12.2 Å². The first-order valence-electron chi connectivity index (χ1n) is 4.64. The van der Waals surface area contributed by atoms with Gasteiger partial charge in [-0.15, -0.1) is 0 Å². The molecule has 0 aromatic carbocycles. The molecule has 2 heterocycles. The molecule has 0 spiro atoms. The fourth-order valence-electron chi connectivity index (χ4n) is 1.21. The van der Waals surface area contributed by atoms with Crippen LogP contribution in [0.15, 0.2) is 18.3 Å². The van der Waals surface area contributed by atoms with Gasteiger partial charge in [-0.2, -0.15) is 4.98 Å². The van der Waals surface area contributed by atoms with Crippen molar-refractivity contribution < 1.29 is 4.74 Å². The van der Waals surface area contributed by atoms with Crippen LogP contribution in [0, 0.1) is 11.7 Å². The highest BCUT2D eigenvalue weighted by Gasteiger charge is 2.03. The van der Waals surface area contributed by atoms with Crippen LogP contribution < -0.4 is 4.74 Å². The summed E-state index contributed by atoms with van der Waals surface area (Å²) in [5.41, 5.74) is 1.79. The number of hydrogen-bond donors (Lipinski definition) is 1. The van der Waals surface area contributed by atoms with Gasteiger partial charge < -0.3 is 4.74 Å². The second-order valence-electron chi connectivity index (χ2n) is 3.18. The van der Waals surface area contributed by atoms with Gasteiger partial charge in [0.2, 0.25) is 4.77 Å². The maximum absolute atomic E-state index is 4.99. The average molecular weight is 234 g/mol. The quantitative estimate of drug-likeness (QED) is 0.804. The Kier molecular flexibility index (Phi) is 2.91. The molecule has 0 aliphatic heterocycles. The van der Waals surface area contributed by atoms with Gasteiger partial charge in [0.15, 0.2) is 0 Å². The fraction of sp³-hybridized carbons (Fsp3) is 0.200. The maximum atomic E-state index is 4.99. The Hall–Kier alpha value is -1.82. The lowest BCUT2D eigenvalue weighted by Crippen LogP contribution is -1.98. The second-order valence-corrected chi connectivity index (χ2v) is 3.54. The minimum Gasteiger partial charge on any atom is -0.468 e. The number of ether oxygens (including phenoxy) is 1. The largest absolute Gasteiger partial charge is 0.468 e. The van der Waals surface area contributed by atoms with Crippen molar-refractivity contribution in [3.63, 3.8) is 0 Å². The van der Waals surface area contributed by atoms with Gasteiger partial charge in [-0.25, -0.2) is 4.98 Å². The van der Waals surface area contributed by atoms with E-state index < -0.39 is 0 Å². The van der Waals surface area contributed by atoms with Crippen LogP contribution in [0.2, 0.25) is 0 Å². The fourth-order valence-corrected chi connectivity index (χ4v) is 1.38. The zero-order chi connectivity index (χ0) is 11.5. The van der Waals surface area contributed by atoms with Crippen molar-refractivity contribution in [2.75, 3.05) is 7.11 Å². The van der Waals surface area contributed by atoms with Crippen LogP contribution in [0.3, 0.4) is 0 Å². The van der Waals surface area contributed by atoms with Crippen molar-refractivity contribution in [3.05, 3.63) is 28.8 Å². The molecule has 0 saturated heterocycles. The lowest BCUT2D eigenvalue weighted by atomic mass is 10.2. The van der Waals surface area contributed by atoms with Crippen LogP contribution in [0.1, 0.15) is 5.69 Å².